The van der Waals surface area contributed by atoms with Crippen molar-refractivity contribution in [3.63, 3.8) is 0 Å². The first-order chi connectivity index (χ1) is 8.97. The number of sulfonamides is 1. The molecule has 0 spiro atoms. The van der Waals surface area contributed by atoms with Crippen molar-refractivity contribution >= 4 is 48.6 Å². The molecule has 0 saturated carbocycles. The van der Waals surface area contributed by atoms with Gasteiger partial charge >= 0.3 is 0 Å². The molecule has 3 heterocycles. The molecule has 0 amide bonds. The van der Waals surface area contributed by atoms with Crippen LogP contribution in [0.4, 0.5) is 10.9 Å². The van der Waals surface area contributed by atoms with Gasteiger partial charge in [0.15, 0.2) is 15.9 Å². The second-order valence-electron chi connectivity index (χ2n) is 3.76. The van der Waals surface area contributed by atoms with Crippen LogP contribution in [0.1, 0.15) is 5.69 Å². The molecule has 3 rings (SSSR count). The zero-order chi connectivity index (χ0) is 13.6. The molecule has 0 aliphatic heterocycles. The topological polar surface area (TPSA) is 102 Å². The number of nitrogen functional groups attached to an aromatic ring is 1. The van der Waals surface area contributed by atoms with Gasteiger partial charge < -0.3 is 5.73 Å². The maximum atomic E-state index is 12.3. The van der Waals surface area contributed by atoms with Crippen LogP contribution in [0.3, 0.4) is 0 Å². The fraction of sp³-hybridized carbons (Fsp3) is 0.111. The van der Waals surface area contributed by atoms with E-state index in [1.165, 1.54) is 27.1 Å². The van der Waals surface area contributed by atoms with E-state index in [2.05, 4.69) is 14.7 Å². The van der Waals surface area contributed by atoms with Crippen molar-refractivity contribution in [1.82, 2.24) is 14.4 Å². The van der Waals surface area contributed by atoms with Gasteiger partial charge in [0.05, 0.1) is 5.69 Å². The van der Waals surface area contributed by atoms with Crippen molar-refractivity contribution in [2.24, 2.45) is 0 Å². The number of rotatable bonds is 3. The number of aromatic nitrogens is 3. The highest BCUT2D eigenvalue weighted by molar-refractivity contribution is 7.93. The van der Waals surface area contributed by atoms with Crippen LogP contribution in [0.25, 0.3) is 4.96 Å². The molecule has 0 radical (unpaired) electrons. The van der Waals surface area contributed by atoms with E-state index in [-0.39, 0.29) is 10.8 Å². The number of imidazole rings is 1. The van der Waals surface area contributed by atoms with Crippen molar-refractivity contribution in [3.8, 4) is 0 Å². The summed E-state index contributed by atoms with van der Waals surface area (Å²) in [6.45, 7) is 1.79. The third kappa shape index (κ3) is 2.07. The summed E-state index contributed by atoms with van der Waals surface area (Å²) in [7, 11) is -3.80. The van der Waals surface area contributed by atoms with Gasteiger partial charge in [-0.3, -0.25) is 9.12 Å². The molecular formula is C9H9N5O2S3. The Balaban J connectivity index is 2.09. The molecular weight excluding hydrogens is 306 g/mol. The second-order valence-corrected chi connectivity index (χ2v) is 7.09. The van der Waals surface area contributed by atoms with Crippen molar-refractivity contribution in [1.29, 1.82) is 0 Å². The number of hydrogen-bond donors (Lipinski definition) is 2. The molecule has 7 nitrogen and oxygen atoms in total. The Morgan fingerprint density at radius 2 is 2.16 bits per heavy atom. The lowest BCUT2D eigenvalue weighted by atomic mass is 10.6. The Kier molecular flexibility index (Phi) is 2.73. The van der Waals surface area contributed by atoms with Gasteiger partial charge in [-0.1, -0.05) is 0 Å². The van der Waals surface area contributed by atoms with Crippen LogP contribution in [0.2, 0.25) is 0 Å². The van der Waals surface area contributed by atoms with Gasteiger partial charge in [0.25, 0.3) is 10.0 Å². The van der Waals surface area contributed by atoms with Crippen LogP contribution in [0, 0.1) is 6.92 Å². The van der Waals surface area contributed by atoms with Crippen LogP contribution in [-0.2, 0) is 10.0 Å². The molecule has 19 heavy (non-hydrogen) atoms. The zero-order valence-electron chi connectivity index (χ0n) is 9.69. The number of aryl methyl sites for hydroxylation is 1. The largest absolute Gasteiger partial charge is 0.381 e. The predicted octanol–water partition coefficient (Wildman–Crippen LogP) is 1.54. The molecule has 0 unspecified atom stereocenters. The Hall–Kier alpha value is -1.65. The maximum absolute atomic E-state index is 12.3. The predicted molar refractivity (Wildman–Crippen MR) is 75.1 cm³/mol. The average Bonchev–Trinajstić information content (AvgIpc) is 2.93. The summed E-state index contributed by atoms with van der Waals surface area (Å²) < 4.78 is 28.5. The Labute approximate surface area is 116 Å². The highest BCUT2D eigenvalue weighted by Crippen LogP contribution is 2.26. The summed E-state index contributed by atoms with van der Waals surface area (Å²) in [5.41, 5.74) is 6.44. The van der Waals surface area contributed by atoms with Crippen LogP contribution in [0.5, 0.6) is 0 Å². The fourth-order valence-corrected chi connectivity index (χ4v) is 4.54. The van der Waals surface area contributed by atoms with Gasteiger partial charge in [0, 0.05) is 17.0 Å². The minimum atomic E-state index is -3.80. The summed E-state index contributed by atoms with van der Waals surface area (Å²) in [5.74, 6) is -0.0207. The SMILES string of the molecule is Cc1csc(NS(=O)(=O)c2c(N)nc3sccn23)n1. The number of fused-ring (bicyclic) bond motifs is 1. The molecule has 3 aromatic rings. The van der Waals surface area contributed by atoms with E-state index in [9.17, 15) is 8.42 Å². The highest BCUT2D eigenvalue weighted by Gasteiger charge is 2.25. The Morgan fingerprint density at radius 3 is 2.84 bits per heavy atom. The van der Waals surface area contributed by atoms with E-state index in [4.69, 9.17) is 5.73 Å². The minimum Gasteiger partial charge on any atom is -0.381 e. The average molecular weight is 315 g/mol. The van der Waals surface area contributed by atoms with E-state index in [0.29, 0.717) is 10.1 Å². The van der Waals surface area contributed by atoms with Gasteiger partial charge in [-0.25, -0.2) is 9.97 Å². The van der Waals surface area contributed by atoms with Crippen molar-refractivity contribution in [2.75, 3.05) is 10.5 Å². The summed E-state index contributed by atoms with van der Waals surface area (Å²) in [4.78, 5) is 8.61. The first-order valence-corrected chi connectivity index (χ1v) is 8.37. The first kappa shape index (κ1) is 12.4. The lowest BCUT2D eigenvalue weighted by Gasteiger charge is -2.04. The van der Waals surface area contributed by atoms with Crippen LogP contribution >= 0.6 is 22.7 Å². The molecule has 0 aliphatic carbocycles. The molecule has 100 valence electrons. The molecule has 0 fully saturated rings. The summed E-state index contributed by atoms with van der Waals surface area (Å²) in [6, 6.07) is 0. The maximum Gasteiger partial charge on any atom is 0.283 e. The standard InChI is InChI=1S/C9H9N5O2S3/c1-5-4-18-8(11-5)13-19(15,16)7-6(10)12-9-14(7)2-3-17-9/h2-4H,10H2,1H3,(H,11,13). The van der Waals surface area contributed by atoms with Crippen LogP contribution in [0.15, 0.2) is 22.0 Å². The van der Waals surface area contributed by atoms with E-state index < -0.39 is 10.0 Å². The van der Waals surface area contributed by atoms with E-state index in [1.54, 1.807) is 23.9 Å². The van der Waals surface area contributed by atoms with Crippen molar-refractivity contribution in [2.45, 2.75) is 11.9 Å². The first-order valence-electron chi connectivity index (χ1n) is 5.13. The van der Waals surface area contributed by atoms with Gasteiger partial charge in [-0.2, -0.15) is 8.42 Å². The number of nitrogens with two attached hydrogens (primary N) is 1. The van der Waals surface area contributed by atoms with Gasteiger partial charge in [0.2, 0.25) is 5.03 Å². The minimum absolute atomic E-state index is 0.0207. The molecule has 10 heteroatoms. The van der Waals surface area contributed by atoms with E-state index >= 15 is 0 Å². The summed E-state index contributed by atoms with van der Waals surface area (Å²) in [6.07, 6.45) is 1.62. The van der Waals surface area contributed by atoms with Gasteiger partial charge in [0.1, 0.15) is 0 Å². The molecule has 0 atom stereocenters. The number of anilines is 2. The quantitative estimate of drug-likeness (QED) is 0.763. The molecule has 0 aliphatic rings. The normalized spacial score (nSPS) is 12.1. The summed E-state index contributed by atoms with van der Waals surface area (Å²) >= 11 is 2.53. The lowest BCUT2D eigenvalue weighted by Crippen LogP contribution is -2.16. The molecule has 3 aromatic heterocycles. The Bertz CT molecular complexity index is 844. The number of hydrogen-bond acceptors (Lipinski definition) is 7. The number of thiazole rings is 2. The smallest absolute Gasteiger partial charge is 0.283 e. The molecule has 0 aromatic carbocycles. The highest BCUT2D eigenvalue weighted by atomic mass is 32.2. The van der Waals surface area contributed by atoms with Crippen molar-refractivity contribution in [3.05, 3.63) is 22.7 Å². The molecule has 0 bridgehead atoms. The van der Waals surface area contributed by atoms with Crippen LogP contribution < -0.4 is 10.5 Å². The lowest BCUT2D eigenvalue weighted by molar-refractivity contribution is 0.597. The zero-order valence-corrected chi connectivity index (χ0v) is 12.1. The fourth-order valence-electron chi connectivity index (χ4n) is 1.61. The van der Waals surface area contributed by atoms with E-state index in [1.807, 2.05) is 0 Å². The third-order valence-corrected chi connectivity index (χ3v) is 5.48. The van der Waals surface area contributed by atoms with Crippen molar-refractivity contribution < 1.29 is 8.42 Å². The van der Waals surface area contributed by atoms with Crippen LogP contribution in [-0.4, -0.2) is 22.8 Å². The molecule has 3 N–H and O–H groups in total. The van der Waals surface area contributed by atoms with Gasteiger partial charge in [-0.05, 0) is 6.92 Å². The number of nitrogens with one attached hydrogen (secondary N) is 1. The van der Waals surface area contributed by atoms with E-state index in [0.717, 1.165) is 5.69 Å². The Morgan fingerprint density at radius 1 is 1.37 bits per heavy atom. The van der Waals surface area contributed by atoms with Gasteiger partial charge in [-0.15, -0.1) is 22.7 Å². The summed E-state index contributed by atoms with van der Waals surface area (Å²) in [5, 5.41) is 3.75. The molecule has 0 saturated heterocycles. The second kappa shape index (κ2) is 4.18. The monoisotopic (exact) mass is 315 g/mol. The third-order valence-electron chi connectivity index (χ3n) is 2.34. The number of nitrogens with zero attached hydrogens (tertiary/aromatic N) is 3.